The van der Waals surface area contributed by atoms with Crippen LogP contribution in [0.3, 0.4) is 0 Å². The molecule has 1 aliphatic rings. The second-order valence-electron chi connectivity index (χ2n) is 4.81. The van der Waals surface area contributed by atoms with Gasteiger partial charge < -0.3 is 5.73 Å². The SMILES string of the molecule is NC(=O)C(NC1CC1)c1ccc(Br)c2cccnc12. The Hall–Kier alpha value is -1.46. The number of halogens is 1. The highest BCUT2D eigenvalue weighted by molar-refractivity contribution is 9.10. The number of rotatable bonds is 4. The van der Waals surface area contributed by atoms with E-state index < -0.39 is 6.04 Å². The predicted octanol–water partition coefficient (Wildman–Crippen LogP) is 2.28. The van der Waals surface area contributed by atoms with Crippen molar-refractivity contribution in [1.82, 2.24) is 10.3 Å². The molecule has 3 rings (SSSR count). The summed E-state index contributed by atoms with van der Waals surface area (Å²) >= 11 is 3.50. The highest BCUT2D eigenvalue weighted by Gasteiger charge is 2.29. The maximum Gasteiger partial charge on any atom is 0.239 e. The van der Waals surface area contributed by atoms with Crippen molar-refractivity contribution < 1.29 is 4.79 Å². The maximum atomic E-state index is 11.7. The van der Waals surface area contributed by atoms with Crippen molar-refractivity contribution in [3.05, 3.63) is 40.5 Å². The molecule has 1 heterocycles. The van der Waals surface area contributed by atoms with Crippen LogP contribution in [0.15, 0.2) is 34.9 Å². The van der Waals surface area contributed by atoms with Crippen molar-refractivity contribution in [2.75, 3.05) is 0 Å². The molecule has 98 valence electrons. The van der Waals surface area contributed by atoms with Gasteiger partial charge in [0.15, 0.2) is 0 Å². The van der Waals surface area contributed by atoms with Crippen molar-refractivity contribution in [1.29, 1.82) is 0 Å². The van der Waals surface area contributed by atoms with E-state index in [1.165, 1.54) is 0 Å². The van der Waals surface area contributed by atoms with Gasteiger partial charge in [0.1, 0.15) is 6.04 Å². The quantitative estimate of drug-likeness (QED) is 0.908. The van der Waals surface area contributed by atoms with Gasteiger partial charge in [-0.25, -0.2) is 0 Å². The number of nitrogens with one attached hydrogen (secondary N) is 1. The highest BCUT2D eigenvalue weighted by atomic mass is 79.9. The molecule has 2 aromatic rings. The number of pyridine rings is 1. The van der Waals surface area contributed by atoms with Gasteiger partial charge in [0.05, 0.1) is 5.52 Å². The van der Waals surface area contributed by atoms with Crippen LogP contribution < -0.4 is 11.1 Å². The minimum atomic E-state index is -0.474. The molecule has 1 saturated carbocycles. The van der Waals surface area contributed by atoms with E-state index in [0.717, 1.165) is 33.8 Å². The van der Waals surface area contributed by atoms with Crippen molar-refractivity contribution in [2.24, 2.45) is 5.73 Å². The Morgan fingerprint density at radius 3 is 2.89 bits per heavy atom. The fourth-order valence-electron chi connectivity index (χ4n) is 2.20. The van der Waals surface area contributed by atoms with Gasteiger partial charge >= 0.3 is 0 Å². The van der Waals surface area contributed by atoms with E-state index in [9.17, 15) is 4.79 Å². The van der Waals surface area contributed by atoms with Crippen LogP contribution in [0.25, 0.3) is 10.9 Å². The normalized spacial score (nSPS) is 16.5. The summed E-state index contributed by atoms with van der Waals surface area (Å²) in [4.78, 5) is 16.1. The topological polar surface area (TPSA) is 68.0 Å². The minimum Gasteiger partial charge on any atom is -0.368 e. The number of carbonyl (C=O) groups excluding carboxylic acids is 1. The number of amides is 1. The number of aromatic nitrogens is 1. The smallest absolute Gasteiger partial charge is 0.239 e. The summed E-state index contributed by atoms with van der Waals surface area (Å²) in [5.74, 6) is -0.360. The minimum absolute atomic E-state index is 0.360. The van der Waals surface area contributed by atoms with Gasteiger partial charge in [-0.15, -0.1) is 0 Å². The predicted molar refractivity (Wildman–Crippen MR) is 77.5 cm³/mol. The van der Waals surface area contributed by atoms with E-state index in [-0.39, 0.29) is 5.91 Å². The Labute approximate surface area is 119 Å². The lowest BCUT2D eigenvalue weighted by Crippen LogP contribution is -2.35. The van der Waals surface area contributed by atoms with Crippen LogP contribution in [-0.2, 0) is 4.79 Å². The van der Waals surface area contributed by atoms with Crippen LogP contribution in [0.5, 0.6) is 0 Å². The fraction of sp³-hybridized carbons (Fsp3) is 0.286. The molecule has 0 aliphatic heterocycles. The number of hydrogen-bond acceptors (Lipinski definition) is 3. The molecule has 5 heteroatoms. The average molecular weight is 320 g/mol. The molecule has 3 N–H and O–H groups in total. The van der Waals surface area contributed by atoms with E-state index >= 15 is 0 Å². The Kier molecular flexibility index (Phi) is 3.24. The average Bonchev–Trinajstić information content (AvgIpc) is 3.21. The number of carbonyl (C=O) groups is 1. The Balaban J connectivity index is 2.11. The summed E-state index contributed by atoms with van der Waals surface area (Å²) < 4.78 is 0.967. The Morgan fingerprint density at radius 1 is 1.42 bits per heavy atom. The molecule has 4 nitrogen and oxygen atoms in total. The van der Waals surface area contributed by atoms with E-state index in [1.54, 1.807) is 6.20 Å². The molecule has 1 amide bonds. The largest absolute Gasteiger partial charge is 0.368 e. The zero-order chi connectivity index (χ0) is 13.4. The first-order chi connectivity index (χ1) is 9.16. The molecule has 1 atom stereocenters. The standard InChI is InChI=1S/C14H14BrN3O/c15-11-6-5-10(12-9(11)2-1-7-17-12)13(14(16)19)18-8-3-4-8/h1-2,5-8,13,18H,3-4H2,(H2,16,19). The van der Waals surface area contributed by atoms with E-state index in [2.05, 4.69) is 26.2 Å². The number of benzene rings is 1. The van der Waals surface area contributed by atoms with Crippen LogP contribution >= 0.6 is 15.9 Å². The molecule has 0 bridgehead atoms. The van der Waals surface area contributed by atoms with Crippen molar-refractivity contribution in [3.8, 4) is 0 Å². The molecule has 0 radical (unpaired) electrons. The zero-order valence-corrected chi connectivity index (χ0v) is 11.9. The van der Waals surface area contributed by atoms with Gasteiger partial charge in [-0.2, -0.15) is 0 Å². The van der Waals surface area contributed by atoms with Gasteiger partial charge in [0, 0.05) is 27.7 Å². The van der Waals surface area contributed by atoms with Gasteiger partial charge in [0.2, 0.25) is 5.91 Å². The molecular formula is C14H14BrN3O. The third-order valence-electron chi connectivity index (χ3n) is 3.32. The molecule has 0 spiro atoms. The lowest BCUT2D eigenvalue weighted by atomic mass is 10.0. The number of primary amides is 1. The summed E-state index contributed by atoms with van der Waals surface area (Å²) in [6, 6.07) is 7.63. The summed E-state index contributed by atoms with van der Waals surface area (Å²) in [5, 5.41) is 4.28. The number of nitrogens with zero attached hydrogens (tertiary/aromatic N) is 1. The molecule has 1 aromatic heterocycles. The fourth-order valence-corrected chi connectivity index (χ4v) is 2.66. The summed E-state index contributed by atoms with van der Waals surface area (Å²) in [5.41, 5.74) is 7.19. The zero-order valence-electron chi connectivity index (χ0n) is 10.3. The van der Waals surface area contributed by atoms with E-state index in [0.29, 0.717) is 6.04 Å². The van der Waals surface area contributed by atoms with Crippen molar-refractivity contribution in [2.45, 2.75) is 24.9 Å². The van der Waals surface area contributed by atoms with Crippen molar-refractivity contribution in [3.63, 3.8) is 0 Å². The van der Waals surface area contributed by atoms with Gasteiger partial charge in [-0.05, 0) is 25.0 Å². The second-order valence-corrected chi connectivity index (χ2v) is 5.67. The number of fused-ring (bicyclic) bond motifs is 1. The molecule has 1 fully saturated rings. The first-order valence-corrected chi connectivity index (χ1v) is 7.04. The third-order valence-corrected chi connectivity index (χ3v) is 4.01. The Bertz CT molecular complexity index is 640. The third kappa shape index (κ3) is 2.48. The first-order valence-electron chi connectivity index (χ1n) is 6.25. The van der Waals surface area contributed by atoms with Crippen LogP contribution in [0.2, 0.25) is 0 Å². The second kappa shape index (κ2) is 4.90. The lowest BCUT2D eigenvalue weighted by Gasteiger charge is -2.17. The van der Waals surface area contributed by atoms with Crippen LogP contribution in [-0.4, -0.2) is 16.9 Å². The molecule has 1 aliphatic carbocycles. The van der Waals surface area contributed by atoms with E-state index in [4.69, 9.17) is 5.73 Å². The lowest BCUT2D eigenvalue weighted by molar-refractivity contribution is -0.120. The first kappa shape index (κ1) is 12.6. The molecule has 19 heavy (non-hydrogen) atoms. The van der Waals surface area contributed by atoms with Gasteiger partial charge in [-0.3, -0.25) is 15.1 Å². The molecule has 0 saturated heterocycles. The van der Waals surface area contributed by atoms with Crippen LogP contribution in [0.4, 0.5) is 0 Å². The maximum absolute atomic E-state index is 11.7. The molecule has 1 aromatic carbocycles. The van der Waals surface area contributed by atoms with Gasteiger partial charge in [-0.1, -0.05) is 28.1 Å². The van der Waals surface area contributed by atoms with Crippen molar-refractivity contribution >= 4 is 32.7 Å². The van der Waals surface area contributed by atoms with Crippen LogP contribution in [0.1, 0.15) is 24.4 Å². The summed E-state index contributed by atoms with van der Waals surface area (Å²) in [6.45, 7) is 0. The monoisotopic (exact) mass is 319 g/mol. The van der Waals surface area contributed by atoms with Crippen LogP contribution in [0, 0.1) is 0 Å². The highest BCUT2D eigenvalue weighted by Crippen LogP contribution is 2.31. The van der Waals surface area contributed by atoms with E-state index in [1.807, 2.05) is 24.3 Å². The number of nitrogens with two attached hydrogens (primary N) is 1. The van der Waals surface area contributed by atoms with Gasteiger partial charge in [0.25, 0.3) is 0 Å². The number of hydrogen-bond donors (Lipinski definition) is 2. The Morgan fingerprint density at radius 2 is 2.21 bits per heavy atom. The molecule has 1 unspecified atom stereocenters. The molecular weight excluding hydrogens is 306 g/mol. The summed E-state index contributed by atoms with van der Waals surface area (Å²) in [6.07, 6.45) is 3.94. The summed E-state index contributed by atoms with van der Waals surface area (Å²) in [7, 11) is 0.